The van der Waals surface area contributed by atoms with Crippen molar-refractivity contribution in [1.29, 1.82) is 0 Å². The van der Waals surface area contributed by atoms with Crippen LogP contribution in [0.25, 0.3) is 11.1 Å². The minimum atomic E-state index is -1.01. The number of rotatable bonds is 3. The number of carboxylic acid groups (broad SMARTS) is 1. The Morgan fingerprint density at radius 1 is 1.11 bits per heavy atom. The predicted octanol–water partition coefficient (Wildman–Crippen LogP) is 4.37. The van der Waals surface area contributed by atoms with Crippen LogP contribution in [0.5, 0.6) is 5.75 Å². The van der Waals surface area contributed by atoms with E-state index in [0.717, 1.165) is 0 Å². The summed E-state index contributed by atoms with van der Waals surface area (Å²) in [5, 5.41) is 10.0. The summed E-state index contributed by atoms with van der Waals surface area (Å²) in [6, 6.07) is 9.61. The van der Waals surface area contributed by atoms with Gasteiger partial charge in [-0.05, 0) is 36.4 Å². The van der Waals surface area contributed by atoms with E-state index in [1.54, 1.807) is 24.3 Å². The van der Waals surface area contributed by atoms with Crippen molar-refractivity contribution in [3.8, 4) is 16.9 Å². The lowest BCUT2D eigenvalue weighted by Crippen LogP contribution is -1.97. The average Bonchev–Trinajstić information content (AvgIpc) is 2.39. The molecule has 5 heteroatoms. The van der Waals surface area contributed by atoms with Crippen molar-refractivity contribution >= 4 is 29.2 Å². The first-order chi connectivity index (χ1) is 9.02. The van der Waals surface area contributed by atoms with Gasteiger partial charge in [0, 0.05) is 21.2 Å². The molecule has 0 radical (unpaired) electrons. The molecule has 0 aliphatic rings. The maximum Gasteiger partial charge on any atom is 0.335 e. The number of carboxylic acids is 1. The third-order valence-corrected chi connectivity index (χ3v) is 3.23. The summed E-state index contributed by atoms with van der Waals surface area (Å²) in [6.07, 6.45) is 0. The van der Waals surface area contributed by atoms with Crippen LogP contribution in [-0.2, 0) is 0 Å². The van der Waals surface area contributed by atoms with Gasteiger partial charge in [-0.2, -0.15) is 0 Å². The predicted molar refractivity (Wildman–Crippen MR) is 75.4 cm³/mol. The van der Waals surface area contributed by atoms with Crippen LogP contribution < -0.4 is 4.74 Å². The number of ether oxygens (including phenoxy) is 1. The van der Waals surface area contributed by atoms with Crippen molar-refractivity contribution in [3.63, 3.8) is 0 Å². The maximum atomic E-state index is 11.0. The van der Waals surface area contributed by atoms with Crippen LogP contribution in [0.3, 0.4) is 0 Å². The van der Waals surface area contributed by atoms with E-state index in [4.69, 9.17) is 33.0 Å². The Hall–Kier alpha value is -1.71. The third-order valence-electron chi connectivity index (χ3n) is 2.67. The second-order valence-corrected chi connectivity index (χ2v) is 4.69. The topological polar surface area (TPSA) is 46.5 Å². The van der Waals surface area contributed by atoms with Gasteiger partial charge in [0.1, 0.15) is 5.75 Å². The van der Waals surface area contributed by atoms with Gasteiger partial charge in [0.05, 0.1) is 12.7 Å². The Morgan fingerprint density at radius 2 is 1.84 bits per heavy atom. The molecule has 0 unspecified atom stereocenters. The van der Waals surface area contributed by atoms with Crippen molar-refractivity contribution in [2.24, 2.45) is 0 Å². The second-order valence-electron chi connectivity index (χ2n) is 3.84. The summed E-state index contributed by atoms with van der Waals surface area (Å²) in [6.45, 7) is 0. The quantitative estimate of drug-likeness (QED) is 0.915. The molecular formula is C14H10Cl2O3. The van der Waals surface area contributed by atoms with E-state index < -0.39 is 5.97 Å². The van der Waals surface area contributed by atoms with E-state index in [1.807, 2.05) is 0 Å². The fourth-order valence-electron chi connectivity index (χ4n) is 1.75. The summed E-state index contributed by atoms with van der Waals surface area (Å²) >= 11 is 12.0. The van der Waals surface area contributed by atoms with E-state index >= 15 is 0 Å². The standard InChI is InChI=1S/C14H10Cl2O3/c1-19-13-7-9(15)3-4-10(13)11-6-8(14(17)18)2-5-12(11)16/h2-7H,1H3,(H,17,18). The van der Waals surface area contributed by atoms with Crippen LogP contribution in [0.4, 0.5) is 0 Å². The van der Waals surface area contributed by atoms with Gasteiger partial charge in [-0.15, -0.1) is 0 Å². The van der Waals surface area contributed by atoms with Gasteiger partial charge < -0.3 is 9.84 Å². The Labute approximate surface area is 120 Å². The number of aromatic carboxylic acids is 1. The zero-order valence-electron chi connectivity index (χ0n) is 9.98. The Morgan fingerprint density at radius 3 is 2.47 bits per heavy atom. The molecule has 0 bridgehead atoms. The van der Waals surface area contributed by atoms with Crippen molar-refractivity contribution < 1.29 is 14.6 Å². The Bertz CT molecular complexity index is 639. The van der Waals surface area contributed by atoms with Crippen molar-refractivity contribution in [3.05, 3.63) is 52.0 Å². The number of hydrogen-bond acceptors (Lipinski definition) is 2. The van der Waals surface area contributed by atoms with Gasteiger partial charge in [0.25, 0.3) is 0 Å². The normalized spacial score (nSPS) is 10.3. The molecule has 98 valence electrons. The summed E-state index contributed by atoms with van der Waals surface area (Å²) in [4.78, 5) is 11.0. The van der Waals surface area contributed by atoms with Crippen LogP contribution in [0, 0.1) is 0 Å². The zero-order chi connectivity index (χ0) is 14.0. The molecule has 0 aromatic heterocycles. The first-order valence-corrected chi connectivity index (χ1v) is 6.15. The zero-order valence-corrected chi connectivity index (χ0v) is 11.5. The summed E-state index contributed by atoms with van der Waals surface area (Å²) in [5.41, 5.74) is 1.45. The molecule has 0 aliphatic carbocycles. The van der Waals surface area contributed by atoms with E-state index in [1.165, 1.54) is 19.2 Å². The number of halogens is 2. The van der Waals surface area contributed by atoms with Crippen LogP contribution in [0.1, 0.15) is 10.4 Å². The largest absolute Gasteiger partial charge is 0.496 e. The van der Waals surface area contributed by atoms with Crippen molar-refractivity contribution in [1.82, 2.24) is 0 Å². The highest BCUT2D eigenvalue weighted by atomic mass is 35.5. The SMILES string of the molecule is COc1cc(Cl)ccc1-c1cc(C(=O)O)ccc1Cl. The molecule has 2 rings (SSSR count). The van der Waals surface area contributed by atoms with Gasteiger partial charge >= 0.3 is 5.97 Å². The summed E-state index contributed by atoms with van der Waals surface area (Å²) < 4.78 is 5.25. The fourth-order valence-corrected chi connectivity index (χ4v) is 2.13. The van der Waals surface area contributed by atoms with Crippen LogP contribution in [0.2, 0.25) is 10.0 Å². The average molecular weight is 297 g/mol. The highest BCUT2D eigenvalue weighted by Crippen LogP contribution is 2.36. The molecule has 2 aromatic carbocycles. The molecule has 1 N–H and O–H groups in total. The molecule has 0 amide bonds. The maximum absolute atomic E-state index is 11.0. The minimum Gasteiger partial charge on any atom is -0.496 e. The first-order valence-electron chi connectivity index (χ1n) is 5.39. The molecule has 0 spiro atoms. The van der Waals surface area contributed by atoms with Crippen LogP contribution >= 0.6 is 23.2 Å². The minimum absolute atomic E-state index is 0.163. The van der Waals surface area contributed by atoms with Gasteiger partial charge in [0.15, 0.2) is 0 Å². The summed E-state index contributed by atoms with van der Waals surface area (Å²) in [5.74, 6) is -0.470. The molecule has 0 heterocycles. The number of carbonyl (C=O) groups is 1. The second kappa shape index (κ2) is 5.51. The third kappa shape index (κ3) is 2.83. The lowest BCUT2D eigenvalue weighted by atomic mass is 10.0. The molecule has 0 atom stereocenters. The highest BCUT2D eigenvalue weighted by Gasteiger charge is 2.13. The van der Waals surface area contributed by atoms with Crippen LogP contribution in [-0.4, -0.2) is 18.2 Å². The van der Waals surface area contributed by atoms with Gasteiger partial charge in [-0.25, -0.2) is 4.79 Å². The number of methoxy groups -OCH3 is 1. The molecule has 2 aromatic rings. The van der Waals surface area contributed by atoms with Crippen molar-refractivity contribution in [2.45, 2.75) is 0 Å². The smallest absolute Gasteiger partial charge is 0.335 e. The van der Waals surface area contributed by atoms with E-state index in [9.17, 15) is 4.79 Å². The molecular weight excluding hydrogens is 287 g/mol. The van der Waals surface area contributed by atoms with Crippen molar-refractivity contribution in [2.75, 3.05) is 7.11 Å². The Balaban J connectivity index is 2.64. The number of benzene rings is 2. The molecule has 0 saturated carbocycles. The first kappa shape index (κ1) is 13.7. The molecule has 0 saturated heterocycles. The molecule has 3 nitrogen and oxygen atoms in total. The van der Waals surface area contributed by atoms with Crippen LogP contribution in [0.15, 0.2) is 36.4 Å². The molecule has 0 fully saturated rings. The lowest BCUT2D eigenvalue weighted by molar-refractivity contribution is 0.0697. The monoisotopic (exact) mass is 296 g/mol. The summed E-state index contributed by atoms with van der Waals surface area (Å²) in [7, 11) is 1.52. The van der Waals surface area contributed by atoms with E-state index in [0.29, 0.717) is 26.9 Å². The van der Waals surface area contributed by atoms with Gasteiger partial charge in [0.2, 0.25) is 0 Å². The highest BCUT2D eigenvalue weighted by molar-refractivity contribution is 6.34. The lowest BCUT2D eigenvalue weighted by Gasteiger charge is -2.11. The fraction of sp³-hybridized carbons (Fsp3) is 0.0714. The van der Waals surface area contributed by atoms with E-state index in [2.05, 4.69) is 0 Å². The number of hydrogen-bond donors (Lipinski definition) is 1. The van der Waals surface area contributed by atoms with Gasteiger partial charge in [-0.3, -0.25) is 0 Å². The van der Waals surface area contributed by atoms with E-state index in [-0.39, 0.29) is 5.56 Å². The molecule has 0 aliphatic heterocycles. The Kier molecular flexibility index (Phi) is 3.98. The van der Waals surface area contributed by atoms with Gasteiger partial charge in [-0.1, -0.05) is 23.2 Å². The molecule has 19 heavy (non-hydrogen) atoms.